The summed E-state index contributed by atoms with van der Waals surface area (Å²) < 4.78 is 18.0. The molecular formula is C14H20FNO3. The van der Waals surface area contributed by atoms with Crippen LogP contribution in [0.3, 0.4) is 0 Å². The van der Waals surface area contributed by atoms with Gasteiger partial charge in [0.2, 0.25) is 0 Å². The molecule has 4 nitrogen and oxygen atoms in total. The van der Waals surface area contributed by atoms with Crippen LogP contribution in [0.15, 0.2) is 24.3 Å². The van der Waals surface area contributed by atoms with Gasteiger partial charge in [-0.25, -0.2) is 4.39 Å². The number of rotatable bonds is 8. The zero-order chi connectivity index (χ0) is 13.7. The molecule has 0 saturated heterocycles. The van der Waals surface area contributed by atoms with E-state index in [0.717, 1.165) is 12.8 Å². The normalized spacial score (nSPS) is 18.1. The topological polar surface area (TPSA) is 61.7 Å². The molecule has 19 heavy (non-hydrogen) atoms. The monoisotopic (exact) mass is 269 g/mol. The fourth-order valence-electron chi connectivity index (χ4n) is 1.83. The van der Waals surface area contributed by atoms with Gasteiger partial charge >= 0.3 is 0 Å². The molecule has 1 aliphatic rings. The minimum absolute atomic E-state index is 0.137. The molecule has 106 valence electrons. The van der Waals surface area contributed by atoms with Crippen molar-refractivity contribution in [3.8, 4) is 5.75 Å². The Labute approximate surface area is 112 Å². The van der Waals surface area contributed by atoms with Gasteiger partial charge in [0.15, 0.2) is 0 Å². The van der Waals surface area contributed by atoms with Crippen LogP contribution in [0.4, 0.5) is 4.39 Å². The van der Waals surface area contributed by atoms with E-state index in [9.17, 15) is 14.6 Å². The summed E-state index contributed by atoms with van der Waals surface area (Å²) in [6.45, 7) is 1.00. The molecule has 5 heteroatoms. The molecule has 1 saturated carbocycles. The van der Waals surface area contributed by atoms with Crippen molar-refractivity contribution in [3.05, 3.63) is 30.1 Å². The van der Waals surface area contributed by atoms with Crippen LogP contribution in [0.2, 0.25) is 0 Å². The van der Waals surface area contributed by atoms with Crippen LogP contribution >= 0.6 is 0 Å². The van der Waals surface area contributed by atoms with Gasteiger partial charge in [-0.15, -0.1) is 0 Å². The molecule has 1 aromatic rings. The predicted molar refractivity (Wildman–Crippen MR) is 69.5 cm³/mol. The zero-order valence-corrected chi connectivity index (χ0v) is 10.8. The van der Waals surface area contributed by atoms with E-state index in [4.69, 9.17) is 4.74 Å². The Hall–Kier alpha value is -1.17. The largest absolute Gasteiger partial charge is 0.491 e. The minimum atomic E-state index is -0.656. The van der Waals surface area contributed by atoms with Crippen LogP contribution in [-0.2, 0) is 0 Å². The molecule has 2 atom stereocenters. The third kappa shape index (κ3) is 5.14. The Balaban J connectivity index is 1.58. The highest BCUT2D eigenvalue weighted by Crippen LogP contribution is 2.32. The number of aliphatic hydroxyl groups is 2. The van der Waals surface area contributed by atoms with E-state index in [-0.39, 0.29) is 18.5 Å². The van der Waals surface area contributed by atoms with Gasteiger partial charge in [0.25, 0.3) is 0 Å². The van der Waals surface area contributed by atoms with E-state index in [1.54, 1.807) is 0 Å². The Morgan fingerprint density at radius 3 is 2.53 bits per heavy atom. The summed E-state index contributed by atoms with van der Waals surface area (Å²) in [5.41, 5.74) is 0. The van der Waals surface area contributed by atoms with Crippen LogP contribution in [0.25, 0.3) is 0 Å². The quantitative estimate of drug-likeness (QED) is 0.657. The second-order valence-corrected chi connectivity index (χ2v) is 4.98. The lowest BCUT2D eigenvalue weighted by Crippen LogP contribution is -2.36. The number of aliphatic hydroxyl groups excluding tert-OH is 2. The molecule has 0 amide bonds. The third-order valence-corrected chi connectivity index (χ3v) is 3.16. The second kappa shape index (κ2) is 6.84. The molecule has 0 aromatic heterocycles. The van der Waals surface area contributed by atoms with Crippen LogP contribution < -0.4 is 10.1 Å². The van der Waals surface area contributed by atoms with E-state index in [1.807, 2.05) is 0 Å². The summed E-state index contributed by atoms with van der Waals surface area (Å²) in [5.74, 6) is 0.641. The Kier molecular flexibility index (Phi) is 5.13. The fraction of sp³-hybridized carbons (Fsp3) is 0.571. The molecule has 1 aliphatic carbocycles. The summed E-state index contributed by atoms with van der Waals surface area (Å²) in [5, 5.41) is 22.3. The molecule has 0 aliphatic heterocycles. The average Bonchev–Trinajstić information content (AvgIpc) is 3.22. The Morgan fingerprint density at radius 2 is 1.89 bits per heavy atom. The van der Waals surface area contributed by atoms with E-state index >= 15 is 0 Å². The summed E-state index contributed by atoms with van der Waals surface area (Å²) in [4.78, 5) is 0. The molecule has 0 bridgehead atoms. The first-order chi connectivity index (χ1) is 9.15. The first kappa shape index (κ1) is 14.2. The van der Waals surface area contributed by atoms with E-state index in [2.05, 4.69) is 5.32 Å². The van der Waals surface area contributed by atoms with E-state index < -0.39 is 6.10 Å². The van der Waals surface area contributed by atoms with Crippen molar-refractivity contribution in [1.29, 1.82) is 0 Å². The lowest BCUT2D eigenvalue weighted by Gasteiger charge is -2.15. The van der Waals surface area contributed by atoms with Gasteiger partial charge < -0.3 is 20.3 Å². The third-order valence-electron chi connectivity index (χ3n) is 3.16. The van der Waals surface area contributed by atoms with Gasteiger partial charge in [0.05, 0.1) is 6.10 Å². The highest BCUT2D eigenvalue weighted by atomic mass is 19.1. The first-order valence-electron chi connectivity index (χ1n) is 6.60. The maximum Gasteiger partial charge on any atom is 0.123 e. The molecule has 2 rings (SSSR count). The highest BCUT2D eigenvalue weighted by molar-refractivity contribution is 5.22. The van der Waals surface area contributed by atoms with Crippen molar-refractivity contribution in [2.75, 3.05) is 19.7 Å². The van der Waals surface area contributed by atoms with Gasteiger partial charge in [0.1, 0.15) is 24.3 Å². The lowest BCUT2D eigenvalue weighted by atomic mass is 10.2. The number of benzene rings is 1. The fourth-order valence-corrected chi connectivity index (χ4v) is 1.83. The Morgan fingerprint density at radius 1 is 1.21 bits per heavy atom. The van der Waals surface area contributed by atoms with Crippen molar-refractivity contribution in [2.45, 2.75) is 25.0 Å². The number of hydrogen-bond acceptors (Lipinski definition) is 4. The number of nitrogens with one attached hydrogen (secondary N) is 1. The van der Waals surface area contributed by atoms with Gasteiger partial charge in [-0.05, 0) is 43.0 Å². The van der Waals surface area contributed by atoms with Crippen LogP contribution in [0.1, 0.15) is 12.8 Å². The minimum Gasteiger partial charge on any atom is -0.491 e. The number of hydrogen-bond donors (Lipinski definition) is 3. The molecule has 1 fully saturated rings. The van der Waals surface area contributed by atoms with Crippen molar-refractivity contribution >= 4 is 0 Å². The van der Waals surface area contributed by atoms with Crippen LogP contribution in [-0.4, -0.2) is 42.1 Å². The molecule has 3 N–H and O–H groups in total. The van der Waals surface area contributed by atoms with Gasteiger partial charge in [0, 0.05) is 13.1 Å². The highest BCUT2D eigenvalue weighted by Gasteiger charge is 2.29. The molecule has 0 spiro atoms. The standard InChI is InChI=1S/C14H20FNO3/c15-11-3-5-13(6-4-11)19-9-12(17)7-16-8-14(18)10-1-2-10/h3-6,10,12,14,16-18H,1-2,7-9H2. The van der Waals surface area contributed by atoms with E-state index in [0.29, 0.717) is 24.8 Å². The molecule has 0 heterocycles. The maximum atomic E-state index is 12.7. The Bertz CT molecular complexity index is 381. The number of ether oxygens (including phenoxy) is 1. The van der Waals surface area contributed by atoms with Crippen molar-refractivity contribution < 1.29 is 19.3 Å². The van der Waals surface area contributed by atoms with Crippen LogP contribution in [0, 0.1) is 11.7 Å². The van der Waals surface area contributed by atoms with Gasteiger partial charge in [-0.3, -0.25) is 0 Å². The predicted octanol–water partition coefficient (Wildman–Crippen LogP) is 0.926. The molecule has 1 aromatic carbocycles. The van der Waals surface area contributed by atoms with Crippen molar-refractivity contribution in [1.82, 2.24) is 5.32 Å². The van der Waals surface area contributed by atoms with Crippen molar-refractivity contribution in [2.24, 2.45) is 5.92 Å². The lowest BCUT2D eigenvalue weighted by molar-refractivity contribution is 0.0966. The maximum absolute atomic E-state index is 12.7. The summed E-state index contributed by atoms with van der Waals surface area (Å²) in [6, 6.07) is 5.66. The summed E-state index contributed by atoms with van der Waals surface area (Å²) in [7, 11) is 0. The summed E-state index contributed by atoms with van der Waals surface area (Å²) in [6.07, 6.45) is 1.22. The average molecular weight is 269 g/mol. The molecular weight excluding hydrogens is 249 g/mol. The zero-order valence-electron chi connectivity index (χ0n) is 10.8. The van der Waals surface area contributed by atoms with Crippen LogP contribution in [0.5, 0.6) is 5.75 Å². The first-order valence-corrected chi connectivity index (χ1v) is 6.60. The second-order valence-electron chi connectivity index (χ2n) is 4.98. The molecule has 2 unspecified atom stereocenters. The summed E-state index contributed by atoms with van der Waals surface area (Å²) >= 11 is 0. The molecule has 0 radical (unpaired) electrons. The van der Waals surface area contributed by atoms with Gasteiger partial charge in [-0.2, -0.15) is 0 Å². The van der Waals surface area contributed by atoms with Gasteiger partial charge in [-0.1, -0.05) is 0 Å². The van der Waals surface area contributed by atoms with Crippen molar-refractivity contribution in [3.63, 3.8) is 0 Å². The number of halogens is 1. The smallest absolute Gasteiger partial charge is 0.123 e. The van der Waals surface area contributed by atoms with E-state index in [1.165, 1.54) is 24.3 Å². The SMILES string of the molecule is OC(CNCC(O)C1CC1)COc1ccc(F)cc1.